The molecule has 0 bridgehead atoms. The predicted octanol–water partition coefficient (Wildman–Crippen LogP) is 4.04. The number of hydrogen-bond acceptors (Lipinski definition) is 6. The molecule has 0 saturated carbocycles. The van der Waals surface area contributed by atoms with Gasteiger partial charge in [0.2, 0.25) is 5.91 Å². The first-order valence-electron chi connectivity index (χ1n) is 10.2. The third-order valence-corrected chi connectivity index (χ3v) is 6.69. The van der Waals surface area contributed by atoms with Crippen LogP contribution in [0.5, 0.6) is 0 Å². The fourth-order valence-corrected chi connectivity index (χ4v) is 4.60. The van der Waals surface area contributed by atoms with Gasteiger partial charge in [-0.15, -0.1) is 26.6 Å². The van der Waals surface area contributed by atoms with Crippen molar-refractivity contribution in [1.29, 1.82) is 0 Å². The molecule has 1 aromatic carbocycles. The van der Waals surface area contributed by atoms with Crippen LogP contribution in [-0.2, 0) is 11.3 Å². The SMILES string of the molecule is O=C(NCc1cccs1)C1CCN(c2ccc3nnc(-c4ccc(Cl)cc4)n3n2)CC1. The van der Waals surface area contributed by atoms with Crippen LogP contribution in [0.2, 0.25) is 5.02 Å². The Bertz CT molecular complexity index is 1180. The van der Waals surface area contributed by atoms with Crippen LogP contribution in [-0.4, -0.2) is 38.8 Å². The molecule has 0 radical (unpaired) electrons. The summed E-state index contributed by atoms with van der Waals surface area (Å²) in [5.74, 6) is 1.72. The number of aromatic nitrogens is 4. The van der Waals surface area contributed by atoms with E-state index < -0.39 is 0 Å². The van der Waals surface area contributed by atoms with Crippen molar-refractivity contribution in [1.82, 2.24) is 25.1 Å². The summed E-state index contributed by atoms with van der Waals surface area (Å²) in [6.45, 7) is 2.18. The van der Waals surface area contributed by atoms with Gasteiger partial charge in [0.15, 0.2) is 11.5 Å². The molecule has 3 aromatic heterocycles. The van der Waals surface area contributed by atoms with Gasteiger partial charge in [-0.25, -0.2) is 0 Å². The van der Waals surface area contributed by atoms with Crippen molar-refractivity contribution in [2.45, 2.75) is 19.4 Å². The van der Waals surface area contributed by atoms with Crippen LogP contribution >= 0.6 is 22.9 Å². The molecule has 31 heavy (non-hydrogen) atoms. The van der Waals surface area contributed by atoms with Crippen molar-refractivity contribution in [3.8, 4) is 11.4 Å². The average Bonchev–Trinajstić information content (AvgIpc) is 3.48. The van der Waals surface area contributed by atoms with Crippen molar-refractivity contribution in [3.05, 3.63) is 63.8 Å². The van der Waals surface area contributed by atoms with E-state index in [0.29, 0.717) is 23.0 Å². The van der Waals surface area contributed by atoms with Gasteiger partial charge in [0.25, 0.3) is 0 Å². The summed E-state index contributed by atoms with van der Waals surface area (Å²) in [5, 5.41) is 19.1. The maximum Gasteiger partial charge on any atom is 0.223 e. The first-order chi connectivity index (χ1) is 15.2. The summed E-state index contributed by atoms with van der Waals surface area (Å²) in [5.41, 5.74) is 1.60. The van der Waals surface area contributed by atoms with Gasteiger partial charge >= 0.3 is 0 Å². The minimum Gasteiger partial charge on any atom is -0.355 e. The molecule has 1 N–H and O–H groups in total. The Morgan fingerprint density at radius 2 is 1.90 bits per heavy atom. The normalized spacial score (nSPS) is 14.8. The Morgan fingerprint density at radius 1 is 1.10 bits per heavy atom. The van der Waals surface area contributed by atoms with E-state index in [2.05, 4.69) is 20.4 Å². The van der Waals surface area contributed by atoms with E-state index in [4.69, 9.17) is 16.7 Å². The molecule has 7 nitrogen and oxygen atoms in total. The number of fused-ring (bicyclic) bond motifs is 1. The van der Waals surface area contributed by atoms with E-state index in [1.54, 1.807) is 15.9 Å². The van der Waals surface area contributed by atoms with E-state index in [9.17, 15) is 4.79 Å². The van der Waals surface area contributed by atoms with Crippen LogP contribution in [0.3, 0.4) is 0 Å². The Balaban J connectivity index is 1.27. The smallest absolute Gasteiger partial charge is 0.223 e. The van der Waals surface area contributed by atoms with Gasteiger partial charge in [0, 0.05) is 34.5 Å². The van der Waals surface area contributed by atoms with Crippen molar-refractivity contribution < 1.29 is 4.79 Å². The van der Waals surface area contributed by atoms with Crippen molar-refractivity contribution in [2.24, 2.45) is 5.92 Å². The second-order valence-corrected chi connectivity index (χ2v) is 9.02. The van der Waals surface area contributed by atoms with Gasteiger partial charge in [-0.1, -0.05) is 17.7 Å². The number of carbonyl (C=O) groups excluding carboxylic acids is 1. The van der Waals surface area contributed by atoms with E-state index >= 15 is 0 Å². The lowest BCUT2D eigenvalue weighted by Gasteiger charge is -2.32. The zero-order valence-electron chi connectivity index (χ0n) is 16.7. The molecule has 0 atom stereocenters. The number of anilines is 1. The number of nitrogens with zero attached hydrogens (tertiary/aromatic N) is 5. The second kappa shape index (κ2) is 8.64. The molecule has 4 aromatic rings. The van der Waals surface area contributed by atoms with Gasteiger partial charge in [-0.2, -0.15) is 4.52 Å². The van der Waals surface area contributed by atoms with Gasteiger partial charge in [0.05, 0.1) is 6.54 Å². The van der Waals surface area contributed by atoms with Crippen LogP contribution < -0.4 is 10.2 Å². The molecule has 1 aliphatic heterocycles. The third-order valence-electron chi connectivity index (χ3n) is 5.56. The zero-order valence-corrected chi connectivity index (χ0v) is 18.3. The summed E-state index contributed by atoms with van der Waals surface area (Å²) in [6, 6.07) is 15.4. The Labute approximate surface area is 188 Å². The van der Waals surface area contributed by atoms with Crippen LogP contribution in [0.1, 0.15) is 17.7 Å². The fourth-order valence-electron chi connectivity index (χ4n) is 3.83. The molecule has 1 fully saturated rings. The highest BCUT2D eigenvalue weighted by Gasteiger charge is 2.26. The number of thiophene rings is 1. The number of amides is 1. The van der Waals surface area contributed by atoms with Crippen LogP contribution in [0.4, 0.5) is 5.82 Å². The Morgan fingerprint density at radius 3 is 2.65 bits per heavy atom. The maximum atomic E-state index is 12.5. The first kappa shape index (κ1) is 20.0. The van der Waals surface area contributed by atoms with Gasteiger partial charge in [0.1, 0.15) is 5.82 Å². The summed E-state index contributed by atoms with van der Waals surface area (Å²) in [6.07, 6.45) is 1.62. The molecule has 4 heterocycles. The zero-order chi connectivity index (χ0) is 21.2. The van der Waals surface area contributed by atoms with Crippen LogP contribution in [0.15, 0.2) is 53.9 Å². The van der Waals surface area contributed by atoms with Crippen LogP contribution in [0.25, 0.3) is 17.0 Å². The first-order valence-corrected chi connectivity index (χ1v) is 11.5. The molecule has 0 spiro atoms. The standard InChI is InChI=1S/C22H21ClN6OS/c23-17-5-3-15(4-6-17)21-26-25-19-7-8-20(27-29(19)21)28-11-9-16(10-12-28)22(30)24-14-18-2-1-13-31-18/h1-8,13,16H,9-12,14H2,(H,24,30). The fraction of sp³-hybridized carbons (Fsp3) is 0.273. The monoisotopic (exact) mass is 452 g/mol. The molecule has 1 amide bonds. The van der Waals surface area contributed by atoms with E-state index in [1.165, 1.54) is 4.88 Å². The topological polar surface area (TPSA) is 75.4 Å². The molecule has 0 unspecified atom stereocenters. The summed E-state index contributed by atoms with van der Waals surface area (Å²) in [4.78, 5) is 15.9. The van der Waals surface area contributed by atoms with Gasteiger partial charge in [-0.05, 0) is 60.7 Å². The lowest BCUT2D eigenvalue weighted by atomic mass is 9.96. The number of benzene rings is 1. The van der Waals surface area contributed by atoms with E-state index in [-0.39, 0.29) is 11.8 Å². The largest absolute Gasteiger partial charge is 0.355 e. The second-order valence-electron chi connectivity index (χ2n) is 7.55. The molecule has 5 rings (SSSR count). The van der Waals surface area contributed by atoms with Crippen molar-refractivity contribution >= 4 is 40.3 Å². The number of nitrogens with one attached hydrogen (secondary N) is 1. The average molecular weight is 453 g/mol. The van der Waals surface area contributed by atoms with E-state index in [0.717, 1.165) is 37.3 Å². The number of rotatable bonds is 5. The number of carbonyl (C=O) groups is 1. The number of halogens is 1. The molecular formula is C22H21ClN6OS. The van der Waals surface area contributed by atoms with Gasteiger partial charge in [-0.3, -0.25) is 4.79 Å². The quantitative estimate of drug-likeness (QED) is 0.494. The van der Waals surface area contributed by atoms with E-state index in [1.807, 2.05) is 53.9 Å². The van der Waals surface area contributed by atoms with Crippen molar-refractivity contribution in [2.75, 3.05) is 18.0 Å². The highest BCUT2D eigenvalue weighted by molar-refractivity contribution is 7.09. The van der Waals surface area contributed by atoms with Crippen LogP contribution in [0, 0.1) is 5.92 Å². The summed E-state index contributed by atoms with van der Waals surface area (Å²) < 4.78 is 1.76. The maximum absolute atomic E-state index is 12.5. The highest BCUT2D eigenvalue weighted by Crippen LogP contribution is 2.25. The Kier molecular flexibility index (Phi) is 5.57. The highest BCUT2D eigenvalue weighted by atomic mass is 35.5. The lowest BCUT2D eigenvalue weighted by Crippen LogP contribution is -2.40. The minimum absolute atomic E-state index is 0.0412. The van der Waals surface area contributed by atoms with Crippen molar-refractivity contribution in [3.63, 3.8) is 0 Å². The molecule has 1 aliphatic rings. The molecule has 158 valence electrons. The molecule has 9 heteroatoms. The molecule has 0 aliphatic carbocycles. The predicted molar refractivity (Wildman–Crippen MR) is 122 cm³/mol. The summed E-state index contributed by atoms with van der Waals surface area (Å²) in [7, 11) is 0. The Hall–Kier alpha value is -2.97. The van der Waals surface area contributed by atoms with Gasteiger partial charge < -0.3 is 10.2 Å². The number of hydrogen-bond donors (Lipinski definition) is 1. The molecule has 1 saturated heterocycles. The summed E-state index contributed by atoms with van der Waals surface area (Å²) >= 11 is 7.67. The lowest BCUT2D eigenvalue weighted by molar-refractivity contribution is -0.125. The number of piperidine rings is 1. The minimum atomic E-state index is 0.0412. The third kappa shape index (κ3) is 4.26. The molecular weight excluding hydrogens is 432 g/mol.